The summed E-state index contributed by atoms with van der Waals surface area (Å²) in [5, 5.41) is 8.02. The molecule has 3 nitrogen and oxygen atoms in total. The first-order valence-electron chi connectivity index (χ1n) is 4.30. The van der Waals surface area contributed by atoms with Crippen LogP contribution in [-0.2, 0) is 13.5 Å². The van der Waals surface area contributed by atoms with Gasteiger partial charge in [-0.15, -0.1) is 5.10 Å². The summed E-state index contributed by atoms with van der Waals surface area (Å²) in [6.45, 7) is 4.15. The topological polar surface area (TPSA) is 30.7 Å². The lowest BCUT2D eigenvalue weighted by atomic mass is 10.2. The molecule has 0 saturated heterocycles. The Morgan fingerprint density at radius 2 is 2.25 bits per heavy atom. The molecule has 0 aromatic carbocycles. The molecule has 0 atom stereocenters. The van der Waals surface area contributed by atoms with E-state index in [9.17, 15) is 0 Å². The summed E-state index contributed by atoms with van der Waals surface area (Å²) in [7, 11) is 1.94. The number of aryl methyl sites for hydroxylation is 1. The van der Waals surface area contributed by atoms with Gasteiger partial charge in [0.1, 0.15) is 5.69 Å². The van der Waals surface area contributed by atoms with Crippen molar-refractivity contribution in [1.29, 1.82) is 0 Å². The predicted molar refractivity (Wildman–Crippen MR) is 49.7 cm³/mol. The standard InChI is InChI=1S/C9H15N3/c1-4-6-8-9(7-5-2)12(3)11-10-8/h4,6H,5,7H2,1-3H3/b6-4-. The van der Waals surface area contributed by atoms with E-state index >= 15 is 0 Å². The van der Waals surface area contributed by atoms with Crippen molar-refractivity contribution >= 4 is 6.08 Å². The van der Waals surface area contributed by atoms with Crippen LogP contribution in [0.3, 0.4) is 0 Å². The normalized spacial score (nSPS) is 11.2. The van der Waals surface area contributed by atoms with Crippen LogP contribution in [0.25, 0.3) is 6.08 Å². The zero-order valence-electron chi connectivity index (χ0n) is 7.91. The van der Waals surface area contributed by atoms with Crippen molar-refractivity contribution in [2.45, 2.75) is 26.7 Å². The van der Waals surface area contributed by atoms with Gasteiger partial charge in [-0.05, 0) is 19.4 Å². The van der Waals surface area contributed by atoms with E-state index in [4.69, 9.17) is 0 Å². The molecule has 1 heterocycles. The Balaban J connectivity index is 2.95. The first-order chi connectivity index (χ1) is 5.79. The molecule has 3 heteroatoms. The maximum Gasteiger partial charge on any atom is 0.108 e. The molecule has 0 amide bonds. The lowest BCUT2D eigenvalue weighted by Gasteiger charge is -1.97. The Kier molecular flexibility index (Phi) is 3.02. The van der Waals surface area contributed by atoms with E-state index < -0.39 is 0 Å². The summed E-state index contributed by atoms with van der Waals surface area (Å²) in [4.78, 5) is 0. The molecular weight excluding hydrogens is 150 g/mol. The first-order valence-corrected chi connectivity index (χ1v) is 4.30. The van der Waals surface area contributed by atoms with Crippen molar-refractivity contribution in [3.63, 3.8) is 0 Å². The Morgan fingerprint density at radius 3 is 2.83 bits per heavy atom. The molecule has 0 aliphatic rings. The molecule has 1 aromatic heterocycles. The highest BCUT2D eigenvalue weighted by Crippen LogP contribution is 2.08. The summed E-state index contributed by atoms with van der Waals surface area (Å²) >= 11 is 0. The Labute approximate surface area is 73.1 Å². The minimum Gasteiger partial charge on any atom is -0.252 e. The predicted octanol–water partition coefficient (Wildman–Crippen LogP) is 1.80. The monoisotopic (exact) mass is 165 g/mol. The number of hydrogen-bond acceptors (Lipinski definition) is 2. The SMILES string of the molecule is C/C=C\c1nnn(C)c1CCC. The van der Waals surface area contributed by atoms with Gasteiger partial charge in [-0.1, -0.05) is 24.6 Å². The van der Waals surface area contributed by atoms with Crippen molar-refractivity contribution < 1.29 is 0 Å². The van der Waals surface area contributed by atoms with Crippen LogP contribution in [0.5, 0.6) is 0 Å². The van der Waals surface area contributed by atoms with E-state index in [1.807, 2.05) is 30.8 Å². The third-order valence-corrected chi connectivity index (χ3v) is 1.78. The average Bonchev–Trinajstić information content (AvgIpc) is 2.37. The van der Waals surface area contributed by atoms with Gasteiger partial charge in [-0.2, -0.15) is 0 Å². The highest BCUT2D eigenvalue weighted by atomic mass is 15.4. The van der Waals surface area contributed by atoms with Crippen LogP contribution >= 0.6 is 0 Å². The van der Waals surface area contributed by atoms with E-state index in [-0.39, 0.29) is 0 Å². The van der Waals surface area contributed by atoms with Gasteiger partial charge < -0.3 is 0 Å². The Morgan fingerprint density at radius 1 is 1.50 bits per heavy atom. The van der Waals surface area contributed by atoms with Gasteiger partial charge in [0.2, 0.25) is 0 Å². The number of allylic oxidation sites excluding steroid dienone is 1. The Hall–Kier alpha value is -1.12. The van der Waals surface area contributed by atoms with Crippen LogP contribution in [0.2, 0.25) is 0 Å². The van der Waals surface area contributed by atoms with Gasteiger partial charge in [0.15, 0.2) is 0 Å². The molecule has 0 radical (unpaired) electrons. The quantitative estimate of drug-likeness (QED) is 0.683. The fourth-order valence-electron chi connectivity index (χ4n) is 1.21. The molecule has 0 unspecified atom stereocenters. The zero-order chi connectivity index (χ0) is 8.97. The molecule has 0 aliphatic carbocycles. The minimum atomic E-state index is 1.00. The number of hydrogen-bond donors (Lipinski definition) is 0. The lowest BCUT2D eigenvalue weighted by Crippen LogP contribution is -1.98. The maximum atomic E-state index is 4.05. The summed E-state index contributed by atoms with van der Waals surface area (Å²) < 4.78 is 1.85. The van der Waals surface area contributed by atoms with E-state index in [0.29, 0.717) is 0 Å². The van der Waals surface area contributed by atoms with Crippen LogP contribution in [0, 0.1) is 0 Å². The highest BCUT2D eigenvalue weighted by molar-refractivity contribution is 5.46. The number of aromatic nitrogens is 3. The summed E-state index contributed by atoms with van der Waals surface area (Å²) in [6.07, 6.45) is 6.16. The van der Waals surface area contributed by atoms with Crippen molar-refractivity contribution in [3.8, 4) is 0 Å². The molecule has 0 fully saturated rings. The molecule has 0 N–H and O–H groups in total. The minimum absolute atomic E-state index is 1.00. The van der Waals surface area contributed by atoms with Crippen LogP contribution in [0.15, 0.2) is 6.08 Å². The van der Waals surface area contributed by atoms with E-state index in [2.05, 4.69) is 17.2 Å². The Bertz CT molecular complexity index is 273. The van der Waals surface area contributed by atoms with Crippen molar-refractivity contribution in [1.82, 2.24) is 15.0 Å². The third kappa shape index (κ3) is 1.72. The lowest BCUT2D eigenvalue weighted by molar-refractivity contribution is 0.669. The zero-order valence-corrected chi connectivity index (χ0v) is 7.91. The largest absolute Gasteiger partial charge is 0.252 e. The second-order valence-corrected chi connectivity index (χ2v) is 2.79. The molecule has 66 valence electrons. The molecule has 0 bridgehead atoms. The second kappa shape index (κ2) is 4.04. The van der Waals surface area contributed by atoms with Crippen molar-refractivity contribution in [2.75, 3.05) is 0 Å². The van der Waals surface area contributed by atoms with Crippen LogP contribution in [0.4, 0.5) is 0 Å². The van der Waals surface area contributed by atoms with Crippen LogP contribution in [0.1, 0.15) is 31.7 Å². The van der Waals surface area contributed by atoms with Crippen molar-refractivity contribution in [2.24, 2.45) is 7.05 Å². The number of nitrogens with zero attached hydrogens (tertiary/aromatic N) is 3. The summed E-state index contributed by atoms with van der Waals surface area (Å²) in [5.41, 5.74) is 2.22. The van der Waals surface area contributed by atoms with Gasteiger partial charge in [0.25, 0.3) is 0 Å². The molecule has 1 aromatic rings. The van der Waals surface area contributed by atoms with Gasteiger partial charge >= 0.3 is 0 Å². The van der Waals surface area contributed by atoms with E-state index in [1.54, 1.807) is 0 Å². The molecule has 0 spiro atoms. The molecule has 1 rings (SSSR count). The summed E-state index contributed by atoms with van der Waals surface area (Å²) in [6, 6.07) is 0. The second-order valence-electron chi connectivity index (χ2n) is 2.79. The smallest absolute Gasteiger partial charge is 0.108 e. The third-order valence-electron chi connectivity index (χ3n) is 1.78. The van der Waals surface area contributed by atoms with Gasteiger partial charge in [0.05, 0.1) is 5.69 Å². The maximum absolute atomic E-state index is 4.05. The average molecular weight is 165 g/mol. The van der Waals surface area contributed by atoms with Gasteiger partial charge in [-0.3, -0.25) is 4.68 Å². The fourth-order valence-corrected chi connectivity index (χ4v) is 1.21. The van der Waals surface area contributed by atoms with E-state index in [1.165, 1.54) is 5.69 Å². The van der Waals surface area contributed by atoms with Gasteiger partial charge in [0, 0.05) is 7.05 Å². The highest BCUT2D eigenvalue weighted by Gasteiger charge is 2.05. The molecule has 0 saturated carbocycles. The fraction of sp³-hybridized carbons (Fsp3) is 0.556. The van der Waals surface area contributed by atoms with E-state index in [0.717, 1.165) is 18.5 Å². The van der Waals surface area contributed by atoms with Crippen LogP contribution < -0.4 is 0 Å². The van der Waals surface area contributed by atoms with Crippen LogP contribution in [-0.4, -0.2) is 15.0 Å². The summed E-state index contributed by atoms with van der Waals surface area (Å²) in [5.74, 6) is 0. The van der Waals surface area contributed by atoms with Gasteiger partial charge in [-0.25, -0.2) is 0 Å². The van der Waals surface area contributed by atoms with Crippen molar-refractivity contribution in [3.05, 3.63) is 17.5 Å². The molecule has 0 aliphatic heterocycles. The molecule has 12 heavy (non-hydrogen) atoms. The molecular formula is C9H15N3. The first kappa shape index (κ1) is 8.97. The number of rotatable bonds is 3.